The third kappa shape index (κ3) is 4.03. The van der Waals surface area contributed by atoms with Crippen LogP contribution in [0.15, 0.2) is 18.2 Å². The van der Waals surface area contributed by atoms with Gasteiger partial charge in [-0.2, -0.15) is 0 Å². The van der Waals surface area contributed by atoms with Crippen molar-refractivity contribution in [2.45, 2.75) is 26.8 Å². The highest BCUT2D eigenvalue weighted by Crippen LogP contribution is 2.24. The summed E-state index contributed by atoms with van der Waals surface area (Å²) in [5, 5.41) is 10.6. The summed E-state index contributed by atoms with van der Waals surface area (Å²) in [6.07, 6.45) is 0.945. The smallest absolute Gasteiger partial charge is 0.270 e. The first-order chi connectivity index (χ1) is 8.04. The van der Waals surface area contributed by atoms with Crippen molar-refractivity contribution in [2.24, 2.45) is 11.7 Å². The molecule has 0 fully saturated rings. The molecule has 0 amide bonds. The van der Waals surface area contributed by atoms with Gasteiger partial charge >= 0.3 is 0 Å². The van der Waals surface area contributed by atoms with Gasteiger partial charge in [-0.3, -0.25) is 10.1 Å². The predicted octanol–water partition coefficient (Wildman–Crippen LogP) is 2.48. The minimum Gasteiger partial charge on any atom is -0.493 e. The van der Waals surface area contributed by atoms with E-state index in [1.165, 1.54) is 12.1 Å². The number of ether oxygens (including phenoxy) is 1. The van der Waals surface area contributed by atoms with Gasteiger partial charge in [0.1, 0.15) is 5.75 Å². The molecule has 0 bridgehead atoms. The molecule has 17 heavy (non-hydrogen) atoms. The molecule has 0 radical (unpaired) electrons. The number of benzene rings is 1. The van der Waals surface area contributed by atoms with Gasteiger partial charge in [-0.25, -0.2) is 0 Å². The van der Waals surface area contributed by atoms with Gasteiger partial charge in [-0.15, -0.1) is 0 Å². The Balaban J connectivity index is 2.75. The summed E-state index contributed by atoms with van der Waals surface area (Å²) >= 11 is 0. The van der Waals surface area contributed by atoms with Crippen LogP contribution in [0.2, 0.25) is 0 Å². The highest BCUT2D eigenvalue weighted by atomic mass is 16.6. The molecule has 0 heterocycles. The zero-order chi connectivity index (χ0) is 12.8. The Labute approximate surface area is 101 Å². The summed E-state index contributed by atoms with van der Waals surface area (Å²) in [4.78, 5) is 10.2. The van der Waals surface area contributed by atoms with E-state index >= 15 is 0 Å². The van der Waals surface area contributed by atoms with Crippen LogP contribution in [0.4, 0.5) is 5.69 Å². The molecule has 0 aliphatic rings. The number of rotatable bonds is 6. The number of hydrogen-bond acceptors (Lipinski definition) is 4. The minimum atomic E-state index is -0.433. The van der Waals surface area contributed by atoms with Crippen molar-refractivity contribution in [2.75, 3.05) is 6.61 Å². The van der Waals surface area contributed by atoms with Crippen molar-refractivity contribution in [1.29, 1.82) is 0 Å². The Morgan fingerprint density at radius 1 is 1.47 bits per heavy atom. The van der Waals surface area contributed by atoms with E-state index < -0.39 is 4.92 Å². The molecule has 1 aromatic carbocycles. The maximum Gasteiger partial charge on any atom is 0.270 e. The van der Waals surface area contributed by atoms with Crippen molar-refractivity contribution in [1.82, 2.24) is 0 Å². The van der Waals surface area contributed by atoms with Gasteiger partial charge in [0.05, 0.1) is 11.5 Å². The first-order valence-electron chi connectivity index (χ1n) is 5.64. The number of non-ortho nitro benzene ring substituents is 1. The highest BCUT2D eigenvalue weighted by molar-refractivity contribution is 5.43. The molecule has 94 valence electrons. The van der Waals surface area contributed by atoms with Gasteiger partial charge in [0.15, 0.2) is 0 Å². The van der Waals surface area contributed by atoms with Crippen LogP contribution in [0, 0.1) is 16.0 Å². The molecule has 0 aromatic heterocycles. The predicted molar refractivity (Wildman–Crippen MR) is 65.9 cm³/mol. The largest absolute Gasteiger partial charge is 0.493 e. The molecule has 1 aromatic rings. The van der Waals surface area contributed by atoms with Crippen LogP contribution in [-0.2, 0) is 6.54 Å². The lowest BCUT2D eigenvalue weighted by Crippen LogP contribution is -2.06. The van der Waals surface area contributed by atoms with Crippen LogP contribution in [0.3, 0.4) is 0 Å². The van der Waals surface area contributed by atoms with Gasteiger partial charge in [0.25, 0.3) is 5.69 Å². The van der Waals surface area contributed by atoms with Crippen molar-refractivity contribution < 1.29 is 9.66 Å². The Bertz CT molecular complexity index is 391. The van der Waals surface area contributed by atoms with Crippen LogP contribution in [0.5, 0.6) is 5.75 Å². The van der Waals surface area contributed by atoms with E-state index in [2.05, 4.69) is 13.8 Å². The quantitative estimate of drug-likeness (QED) is 0.610. The zero-order valence-electron chi connectivity index (χ0n) is 10.2. The first kappa shape index (κ1) is 13.4. The summed E-state index contributed by atoms with van der Waals surface area (Å²) in [5.41, 5.74) is 6.26. The third-order valence-electron chi connectivity index (χ3n) is 2.43. The normalized spacial score (nSPS) is 10.6. The van der Waals surface area contributed by atoms with Crippen LogP contribution in [-0.4, -0.2) is 11.5 Å². The Kier molecular flexibility index (Phi) is 4.90. The molecule has 0 aliphatic heterocycles. The average Bonchev–Trinajstić information content (AvgIpc) is 2.28. The Morgan fingerprint density at radius 3 is 2.71 bits per heavy atom. The number of nitrogens with zero attached hydrogens (tertiary/aromatic N) is 1. The number of nitrogens with two attached hydrogens (primary N) is 1. The van der Waals surface area contributed by atoms with Crippen molar-refractivity contribution in [3.8, 4) is 5.75 Å². The Hall–Kier alpha value is -1.62. The molecule has 0 spiro atoms. The van der Waals surface area contributed by atoms with E-state index in [4.69, 9.17) is 10.5 Å². The second-order valence-corrected chi connectivity index (χ2v) is 4.28. The van der Waals surface area contributed by atoms with Crippen LogP contribution in [0.1, 0.15) is 25.8 Å². The molecule has 0 atom stereocenters. The number of hydrogen-bond donors (Lipinski definition) is 1. The van der Waals surface area contributed by atoms with Crippen LogP contribution in [0.25, 0.3) is 0 Å². The molecule has 0 unspecified atom stereocenters. The monoisotopic (exact) mass is 238 g/mol. The lowest BCUT2D eigenvalue weighted by molar-refractivity contribution is -0.384. The average molecular weight is 238 g/mol. The minimum absolute atomic E-state index is 0.0432. The summed E-state index contributed by atoms with van der Waals surface area (Å²) < 4.78 is 5.57. The van der Waals surface area contributed by atoms with E-state index in [9.17, 15) is 10.1 Å². The van der Waals surface area contributed by atoms with Gasteiger partial charge in [-0.05, 0) is 18.4 Å². The maximum absolute atomic E-state index is 10.6. The van der Waals surface area contributed by atoms with E-state index in [-0.39, 0.29) is 12.2 Å². The topological polar surface area (TPSA) is 78.4 Å². The first-order valence-corrected chi connectivity index (χ1v) is 5.64. The lowest BCUT2D eigenvalue weighted by Gasteiger charge is -2.11. The van der Waals surface area contributed by atoms with Crippen LogP contribution < -0.4 is 10.5 Å². The van der Waals surface area contributed by atoms with E-state index in [0.717, 1.165) is 6.42 Å². The molecule has 5 nitrogen and oxygen atoms in total. The maximum atomic E-state index is 10.6. The molecule has 1 rings (SSSR count). The zero-order valence-corrected chi connectivity index (χ0v) is 10.2. The Morgan fingerprint density at radius 2 is 2.18 bits per heavy atom. The van der Waals surface area contributed by atoms with E-state index in [1.54, 1.807) is 6.07 Å². The molecular formula is C12H18N2O3. The molecular weight excluding hydrogens is 220 g/mol. The fourth-order valence-electron chi connectivity index (χ4n) is 1.38. The summed E-state index contributed by atoms with van der Waals surface area (Å²) in [6, 6.07) is 4.51. The fraction of sp³-hybridized carbons (Fsp3) is 0.500. The van der Waals surface area contributed by atoms with Crippen molar-refractivity contribution in [3.63, 3.8) is 0 Å². The second-order valence-electron chi connectivity index (χ2n) is 4.28. The molecule has 5 heteroatoms. The van der Waals surface area contributed by atoms with E-state index in [0.29, 0.717) is 23.8 Å². The number of nitro groups is 1. The van der Waals surface area contributed by atoms with Gasteiger partial charge in [0, 0.05) is 24.2 Å². The summed E-state index contributed by atoms with van der Waals surface area (Å²) in [7, 11) is 0. The molecule has 0 aliphatic carbocycles. The molecule has 0 saturated carbocycles. The standard InChI is InChI=1S/C12H18N2O3/c1-9(2)5-6-17-12-4-3-11(14(15)16)7-10(12)8-13/h3-4,7,9H,5-6,8,13H2,1-2H3. The summed E-state index contributed by atoms with van der Waals surface area (Å²) in [5.74, 6) is 1.20. The molecule has 2 N–H and O–H groups in total. The van der Waals surface area contributed by atoms with Crippen LogP contribution >= 0.6 is 0 Å². The lowest BCUT2D eigenvalue weighted by atomic mass is 10.1. The number of nitro benzene ring substituents is 1. The second kappa shape index (κ2) is 6.20. The highest BCUT2D eigenvalue weighted by Gasteiger charge is 2.10. The van der Waals surface area contributed by atoms with E-state index in [1.807, 2.05) is 0 Å². The SMILES string of the molecule is CC(C)CCOc1ccc([N+](=O)[O-])cc1CN. The van der Waals surface area contributed by atoms with Crippen molar-refractivity contribution in [3.05, 3.63) is 33.9 Å². The van der Waals surface area contributed by atoms with Crippen molar-refractivity contribution >= 4 is 5.69 Å². The summed E-state index contributed by atoms with van der Waals surface area (Å²) in [6.45, 7) is 5.06. The fourth-order valence-corrected chi connectivity index (χ4v) is 1.38. The van der Waals surface area contributed by atoms with Gasteiger partial charge in [-0.1, -0.05) is 13.8 Å². The molecule has 0 saturated heterocycles. The van der Waals surface area contributed by atoms with Gasteiger partial charge < -0.3 is 10.5 Å². The van der Waals surface area contributed by atoms with Gasteiger partial charge in [0.2, 0.25) is 0 Å². The third-order valence-corrected chi connectivity index (χ3v) is 2.43.